The lowest BCUT2D eigenvalue weighted by Crippen LogP contribution is -2.22. The molecule has 0 aromatic carbocycles. The number of nitrogens with one attached hydrogen (secondary N) is 1. The van der Waals surface area contributed by atoms with E-state index in [1.165, 1.54) is 36.3 Å². The fourth-order valence-electron chi connectivity index (χ4n) is 2.68. The van der Waals surface area contributed by atoms with Crippen LogP contribution in [0.3, 0.4) is 0 Å². The molecule has 1 aromatic heterocycles. The zero-order valence-corrected chi connectivity index (χ0v) is 13.3. The fourth-order valence-corrected chi connectivity index (χ4v) is 3.92. The highest BCUT2D eigenvalue weighted by Gasteiger charge is 2.24. The van der Waals surface area contributed by atoms with Crippen molar-refractivity contribution in [3.8, 4) is 0 Å². The van der Waals surface area contributed by atoms with Crippen molar-refractivity contribution in [3.05, 3.63) is 10.6 Å². The Bertz CT molecular complexity index is 444. The summed E-state index contributed by atoms with van der Waals surface area (Å²) in [5.41, 5.74) is 1.31. The number of hydrogen-bond donors (Lipinski definition) is 1. The Morgan fingerprint density at radius 1 is 1.40 bits per heavy atom. The molecule has 112 valence electrons. The third kappa shape index (κ3) is 3.32. The standard InChI is InChI=1S/C15H25N3OS/c1-16-12-4-3-5-13-14(12)20-15(17-13)18(2)8-9-19-10-11-6-7-11/h11-12,16H,3-10H2,1-2H3. The summed E-state index contributed by atoms with van der Waals surface area (Å²) in [6, 6.07) is 0.504. The molecule has 0 saturated heterocycles. The van der Waals surface area contributed by atoms with Crippen LogP contribution in [-0.4, -0.2) is 38.8 Å². The lowest BCUT2D eigenvalue weighted by Gasteiger charge is -2.19. The van der Waals surface area contributed by atoms with Gasteiger partial charge in [-0.15, -0.1) is 0 Å². The van der Waals surface area contributed by atoms with Crippen LogP contribution in [0.15, 0.2) is 0 Å². The summed E-state index contributed by atoms with van der Waals surface area (Å²) in [6.07, 6.45) is 6.34. The van der Waals surface area contributed by atoms with Gasteiger partial charge < -0.3 is 15.0 Å². The second-order valence-electron chi connectivity index (χ2n) is 5.98. The van der Waals surface area contributed by atoms with Crippen molar-refractivity contribution in [1.29, 1.82) is 0 Å². The normalized spacial score (nSPS) is 21.8. The predicted molar refractivity (Wildman–Crippen MR) is 83.7 cm³/mol. The molecule has 0 radical (unpaired) electrons. The first-order valence-electron chi connectivity index (χ1n) is 7.73. The Kier molecular flexibility index (Phi) is 4.58. The number of thiazole rings is 1. The molecule has 1 unspecified atom stereocenters. The third-order valence-electron chi connectivity index (χ3n) is 4.24. The number of likely N-dealkylation sites (N-methyl/N-ethyl adjacent to an activating group) is 1. The number of ether oxygens (including phenoxy) is 1. The molecule has 1 fully saturated rings. The van der Waals surface area contributed by atoms with Crippen molar-refractivity contribution in [2.45, 2.75) is 38.1 Å². The molecule has 0 amide bonds. The lowest BCUT2D eigenvalue weighted by atomic mass is 9.98. The molecule has 2 aliphatic carbocycles. The van der Waals surface area contributed by atoms with Crippen molar-refractivity contribution in [3.63, 3.8) is 0 Å². The molecule has 5 heteroatoms. The number of anilines is 1. The predicted octanol–water partition coefficient (Wildman–Crippen LogP) is 2.60. The summed E-state index contributed by atoms with van der Waals surface area (Å²) < 4.78 is 5.72. The highest BCUT2D eigenvalue weighted by molar-refractivity contribution is 7.15. The van der Waals surface area contributed by atoms with Crippen molar-refractivity contribution >= 4 is 16.5 Å². The van der Waals surface area contributed by atoms with E-state index in [0.717, 1.165) is 37.2 Å². The number of rotatable bonds is 7. The number of aryl methyl sites for hydroxylation is 1. The first-order chi connectivity index (χ1) is 9.78. The van der Waals surface area contributed by atoms with E-state index in [9.17, 15) is 0 Å². The molecule has 1 aromatic rings. The van der Waals surface area contributed by atoms with E-state index in [4.69, 9.17) is 9.72 Å². The number of nitrogens with zero attached hydrogens (tertiary/aromatic N) is 2. The minimum atomic E-state index is 0.504. The highest BCUT2D eigenvalue weighted by Crippen LogP contribution is 2.37. The van der Waals surface area contributed by atoms with Crippen LogP contribution in [0.4, 0.5) is 5.13 Å². The topological polar surface area (TPSA) is 37.4 Å². The van der Waals surface area contributed by atoms with E-state index in [1.54, 1.807) is 0 Å². The van der Waals surface area contributed by atoms with Crippen molar-refractivity contribution in [2.75, 3.05) is 38.8 Å². The fraction of sp³-hybridized carbons (Fsp3) is 0.800. The van der Waals surface area contributed by atoms with Gasteiger partial charge in [-0.05, 0) is 45.1 Å². The minimum Gasteiger partial charge on any atom is -0.379 e. The maximum absolute atomic E-state index is 5.72. The van der Waals surface area contributed by atoms with Gasteiger partial charge >= 0.3 is 0 Å². The Labute approximate surface area is 125 Å². The van der Waals surface area contributed by atoms with Gasteiger partial charge in [0.2, 0.25) is 0 Å². The van der Waals surface area contributed by atoms with E-state index in [1.807, 2.05) is 11.3 Å². The minimum absolute atomic E-state index is 0.504. The van der Waals surface area contributed by atoms with E-state index in [2.05, 4.69) is 24.3 Å². The maximum Gasteiger partial charge on any atom is 0.185 e. The van der Waals surface area contributed by atoms with Crippen LogP contribution in [0, 0.1) is 5.92 Å². The Morgan fingerprint density at radius 2 is 2.25 bits per heavy atom. The van der Waals surface area contributed by atoms with Gasteiger partial charge in [0.15, 0.2) is 5.13 Å². The van der Waals surface area contributed by atoms with Crippen LogP contribution in [-0.2, 0) is 11.2 Å². The second-order valence-corrected chi connectivity index (χ2v) is 6.99. The van der Waals surface area contributed by atoms with Crippen LogP contribution in [0.5, 0.6) is 0 Å². The van der Waals surface area contributed by atoms with Crippen LogP contribution in [0.2, 0.25) is 0 Å². The Morgan fingerprint density at radius 3 is 3.00 bits per heavy atom. The summed E-state index contributed by atoms with van der Waals surface area (Å²) in [5, 5.41) is 4.56. The first-order valence-corrected chi connectivity index (χ1v) is 8.55. The molecule has 2 aliphatic rings. The van der Waals surface area contributed by atoms with E-state index in [-0.39, 0.29) is 0 Å². The molecule has 1 atom stereocenters. The van der Waals surface area contributed by atoms with E-state index < -0.39 is 0 Å². The largest absolute Gasteiger partial charge is 0.379 e. The van der Waals surface area contributed by atoms with Crippen LogP contribution in [0.25, 0.3) is 0 Å². The van der Waals surface area contributed by atoms with Gasteiger partial charge in [0, 0.05) is 31.1 Å². The van der Waals surface area contributed by atoms with Crippen LogP contribution < -0.4 is 10.2 Å². The van der Waals surface area contributed by atoms with Crippen LogP contribution >= 0.6 is 11.3 Å². The molecule has 0 aliphatic heterocycles. The summed E-state index contributed by atoms with van der Waals surface area (Å²) in [6.45, 7) is 2.69. The summed E-state index contributed by atoms with van der Waals surface area (Å²) >= 11 is 1.85. The number of hydrogen-bond acceptors (Lipinski definition) is 5. The lowest BCUT2D eigenvalue weighted by molar-refractivity contribution is 0.131. The van der Waals surface area contributed by atoms with Gasteiger partial charge in [0.05, 0.1) is 12.3 Å². The maximum atomic E-state index is 5.72. The molecule has 1 N–H and O–H groups in total. The number of fused-ring (bicyclic) bond motifs is 1. The quantitative estimate of drug-likeness (QED) is 0.785. The summed E-state index contributed by atoms with van der Waals surface area (Å²) in [4.78, 5) is 8.51. The van der Waals surface area contributed by atoms with E-state index >= 15 is 0 Å². The van der Waals surface area contributed by atoms with Gasteiger partial charge in [-0.2, -0.15) is 0 Å². The molecule has 0 bridgehead atoms. The van der Waals surface area contributed by atoms with Crippen molar-refractivity contribution in [2.24, 2.45) is 5.92 Å². The Balaban J connectivity index is 1.54. The first kappa shape index (κ1) is 14.3. The summed E-state index contributed by atoms with van der Waals surface area (Å²) in [7, 11) is 4.17. The molecule has 3 rings (SSSR count). The second kappa shape index (κ2) is 6.41. The smallest absolute Gasteiger partial charge is 0.185 e. The number of aromatic nitrogens is 1. The monoisotopic (exact) mass is 295 g/mol. The van der Waals surface area contributed by atoms with Crippen LogP contribution in [0.1, 0.15) is 42.3 Å². The molecular weight excluding hydrogens is 270 g/mol. The SMILES string of the molecule is CNC1CCCc2nc(N(C)CCOCC3CC3)sc21. The highest BCUT2D eigenvalue weighted by atomic mass is 32.1. The van der Waals surface area contributed by atoms with E-state index in [0.29, 0.717) is 6.04 Å². The zero-order valence-electron chi connectivity index (χ0n) is 12.5. The Hall–Kier alpha value is -0.650. The molecular formula is C15H25N3OS. The molecule has 1 saturated carbocycles. The van der Waals surface area contributed by atoms with Gasteiger partial charge in [-0.3, -0.25) is 0 Å². The average molecular weight is 295 g/mol. The van der Waals surface area contributed by atoms with Gasteiger partial charge in [-0.1, -0.05) is 11.3 Å². The molecule has 0 spiro atoms. The summed E-state index contributed by atoms with van der Waals surface area (Å²) in [5.74, 6) is 0.851. The van der Waals surface area contributed by atoms with Crippen molar-refractivity contribution < 1.29 is 4.74 Å². The molecule has 20 heavy (non-hydrogen) atoms. The third-order valence-corrected chi connectivity index (χ3v) is 5.56. The molecule has 4 nitrogen and oxygen atoms in total. The molecule has 1 heterocycles. The van der Waals surface area contributed by atoms with Gasteiger partial charge in [0.25, 0.3) is 0 Å². The van der Waals surface area contributed by atoms with Gasteiger partial charge in [-0.25, -0.2) is 4.98 Å². The van der Waals surface area contributed by atoms with Crippen molar-refractivity contribution in [1.82, 2.24) is 10.3 Å². The van der Waals surface area contributed by atoms with Gasteiger partial charge in [0.1, 0.15) is 0 Å². The zero-order chi connectivity index (χ0) is 13.9. The average Bonchev–Trinajstić information content (AvgIpc) is 3.18.